The number of amides is 1. The summed E-state index contributed by atoms with van der Waals surface area (Å²) in [4.78, 5) is 17.5. The molecule has 0 aliphatic carbocycles. The molecule has 9 nitrogen and oxygen atoms in total. The fourth-order valence-electron chi connectivity index (χ4n) is 3.00. The number of hydrogen-bond donors (Lipinski definition) is 3. The second-order valence-corrected chi connectivity index (χ2v) is 7.25. The zero-order chi connectivity index (χ0) is 21.3. The van der Waals surface area contributed by atoms with Gasteiger partial charge in [-0.05, 0) is 29.7 Å². The third-order valence-corrected chi connectivity index (χ3v) is 5.43. The summed E-state index contributed by atoms with van der Waals surface area (Å²) in [5.74, 6) is -0.0578. The van der Waals surface area contributed by atoms with Crippen LogP contribution in [0, 0.1) is 16.7 Å². The Bertz CT molecular complexity index is 1380. The van der Waals surface area contributed by atoms with Gasteiger partial charge in [-0.3, -0.25) is 10.2 Å². The number of carbonyl (C=O) groups is 1. The van der Waals surface area contributed by atoms with Gasteiger partial charge in [-0.25, -0.2) is 9.50 Å². The summed E-state index contributed by atoms with van der Waals surface area (Å²) in [6.07, 6.45) is 5.79. The number of carbonyl (C=O) groups excluding carboxylic acids is 1. The van der Waals surface area contributed by atoms with Crippen molar-refractivity contribution in [3.63, 3.8) is 0 Å². The molecule has 3 aromatic heterocycles. The summed E-state index contributed by atoms with van der Waals surface area (Å²) in [6.45, 7) is 0. The molecule has 0 radical (unpaired) electrons. The van der Waals surface area contributed by atoms with E-state index >= 15 is 0 Å². The van der Waals surface area contributed by atoms with Gasteiger partial charge in [-0.2, -0.15) is 10.4 Å². The molecule has 0 aliphatic heterocycles. The Kier molecular flexibility index (Phi) is 4.87. The van der Waals surface area contributed by atoms with Gasteiger partial charge in [-0.1, -0.05) is 0 Å². The van der Waals surface area contributed by atoms with E-state index in [9.17, 15) is 4.79 Å². The van der Waals surface area contributed by atoms with Gasteiger partial charge in [0.1, 0.15) is 22.3 Å². The number of nitriles is 1. The molecule has 4 rings (SSSR count). The van der Waals surface area contributed by atoms with Crippen molar-refractivity contribution < 1.29 is 9.53 Å². The van der Waals surface area contributed by atoms with Gasteiger partial charge in [0.15, 0.2) is 5.65 Å². The van der Waals surface area contributed by atoms with Crippen LogP contribution in [-0.2, 0) is 0 Å². The smallest absolute Gasteiger partial charge is 0.261 e. The number of ether oxygens (including phenoxy) is 1. The Labute approximate surface area is 174 Å². The van der Waals surface area contributed by atoms with E-state index in [0.717, 1.165) is 16.3 Å². The first-order chi connectivity index (χ1) is 14.5. The molecule has 0 saturated heterocycles. The maximum Gasteiger partial charge on any atom is 0.261 e. The molecule has 4 N–H and O–H groups in total. The number of nitrogens with two attached hydrogens (primary N) is 1. The van der Waals surface area contributed by atoms with Crippen molar-refractivity contribution in [1.29, 1.82) is 10.7 Å². The molecular weight excluding hydrogens is 402 g/mol. The first-order valence-corrected chi connectivity index (χ1v) is 9.50. The van der Waals surface area contributed by atoms with E-state index in [4.69, 9.17) is 21.1 Å². The second-order valence-electron chi connectivity index (χ2n) is 6.17. The van der Waals surface area contributed by atoms with Crippen LogP contribution in [0.4, 0.5) is 0 Å². The molecule has 0 fully saturated rings. The summed E-state index contributed by atoms with van der Waals surface area (Å²) < 4.78 is 7.77. The lowest BCUT2D eigenvalue weighted by Crippen LogP contribution is -2.28. The van der Waals surface area contributed by atoms with Crippen molar-refractivity contribution >= 4 is 38.7 Å². The van der Waals surface area contributed by atoms with E-state index in [-0.39, 0.29) is 17.0 Å². The molecule has 4 aromatic rings. The molecular formula is C20H15N7O2S. The minimum absolute atomic E-state index is 0.0289. The zero-order valence-corrected chi connectivity index (χ0v) is 16.5. The molecule has 0 unspecified atom stereocenters. The highest BCUT2D eigenvalue weighted by Gasteiger charge is 2.20. The van der Waals surface area contributed by atoms with Crippen LogP contribution in [0.15, 0.2) is 54.8 Å². The quantitative estimate of drug-likeness (QED) is 0.426. The largest absolute Gasteiger partial charge is 0.496 e. The van der Waals surface area contributed by atoms with Crippen LogP contribution < -0.4 is 15.8 Å². The Morgan fingerprint density at radius 2 is 2.23 bits per heavy atom. The van der Waals surface area contributed by atoms with Crippen LogP contribution in [0.1, 0.15) is 20.8 Å². The van der Waals surface area contributed by atoms with Gasteiger partial charge >= 0.3 is 0 Å². The number of hydrogen-bond acceptors (Lipinski definition) is 8. The van der Waals surface area contributed by atoms with Crippen LogP contribution in [0.25, 0.3) is 15.7 Å². The SMILES string of the molecule is COc1cc2sc(C#N)cc2cc1C(=N)/C(=C\N)NC(=O)c1cnn2cccnc12. The Balaban J connectivity index is 1.67. The van der Waals surface area contributed by atoms with Crippen molar-refractivity contribution in [2.75, 3.05) is 7.11 Å². The van der Waals surface area contributed by atoms with Gasteiger partial charge in [0, 0.05) is 28.9 Å². The van der Waals surface area contributed by atoms with E-state index in [1.807, 2.05) is 0 Å². The molecule has 10 heteroatoms. The highest BCUT2D eigenvalue weighted by molar-refractivity contribution is 7.19. The number of methoxy groups -OCH3 is 1. The number of nitrogens with one attached hydrogen (secondary N) is 2. The van der Waals surface area contributed by atoms with Gasteiger partial charge in [0.05, 0.1) is 24.7 Å². The summed E-state index contributed by atoms with van der Waals surface area (Å²) >= 11 is 1.33. The Morgan fingerprint density at radius 3 is 2.97 bits per heavy atom. The number of rotatable bonds is 5. The van der Waals surface area contributed by atoms with Crippen molar-refractivity contribution in [2.24, 2.45) is 5.73 Å². The second kappa shape index (κ2) is 7.65. The average Bonchev–Trinajstić information content (AvgIpc) is 3.39. The number of nitrogens with zero attached hydrogens (tertiary/aromatic N) is 4. The number of thiophene rings is 1. The predicted octanol–water partition coefficient (Wildman–Crippen LogP) is 2.42. The van der Waals surface area contributed by atoms with Crippen LogP contribution in [0.2, 0.25) is 0 Å². The fraction of sp³-hybridized carbons (Fsp3) is 0.0500. The summed E-state index contributed by atoms with van der Waals surface area (Å²) in [5.41, 5.74) is 6.86. The minimum Gasteiger partial charge on any atom is -0.496 e. The van der Waals surface area contributed by atoms with E-state index < -0.39 is 5.91 Å². The third kappa shape index (κ3) is 3.23. The van der Waals surface area contributed by atoms with E-state index in [2.05, 4.69) is 21.5 Å². The third-order valence-electron chi connectivity index (χ3n) is 4.43. The van der Waals surface area contributed by atoms with Gasteiger partial charge in [0.25, 0.3) is 5.91 Å². The monoisotopic (exact) mass is 417 g/mol. The van der Waals surface area contributed by atoms with Gasteiger partial charge < -0.3 is 15.8 Å². The lowest BCUT2D eigenvalue weighted by Gasteiger charge is -2.13. The van der Waals surface area contributed by atoms with E-state index in [1.54, 1.807) is 36.7 Å². The summed E-state index contributed by atoms with van der Waals surface area (Å²) in [5, 5.41) is 25.3. The number of aromatic nitrogens is 3. The molecule has 1 amide bonds. The van der Waals surface area contributed by atoms with E-state index in [1.165, 1.54) is 29.2 Å². The normalized spacial score (nSPS) is 11.4. The summed E-state index contributed by atoms with van der Waals surface area (Å²) in [6, 6.07) is 9.05. The maximum atomic E-state index is 12.8. The predicted molar refractivity (Wildman–Crippen MR) is 113 cm³/mol. The molecule has 148 valence electrons. The maximum absolute atomic E-state index is 12.8. The Hall–Kier alpha value is -4.23. The molecule has 3 heterocycles. The van der Waals surface area contributed by atoms with Crippen molar-refractivity contribution in [1.82, 2.24) is 19.9 Å². The van der Waals surface area contributed by atoms with Crippen LogP contribution >= 0.6 is 11.3 Å². The minimum atomic E-state index is -0.493. The van der Waals surface area contributed by atoms with E-state index in [0.29, 0.717) is 21.8 Å². The van der Waals surface area contributed by atoms with Crippen molar-refractivity contribution in [2.45, 2.75) is 0 Å². The number of allylic oxidation sites excluding steroid dienone is 1. The highest BCUT2D eigenvalue weighted by Crippen LogP contribution is 2.32. The standard InChI is InChI=1S/C20H15N7O2S/c1-29-16-7-17-11(5-12(8-21)30-17)6-13(16)18(23)15(9-22)26-20(28)14-10-25-27-4-2-3-24-19(14)27/h2-7,9-10,23H,22H2,1H3,(H,26,28)/b15-9+,23-18?. The van der Waals surface area contributed by atoms with Crippen LogP contribution in [-0.4, -0.2) is 33.3 Å². The number of fused-ring (bicyclic) bond motifs is 2. The molecule has 30 heavy (non-hydrogen) atoms. The molecule has 0 atom stereocenters. The van der Waals surface area contributed by atoms with Gasteiger partial charge in [-0.15, -0.1) is 11.3 Å². The lowest BCUT2D eigenvalue weighted by atomic mass is 10.0. The molecule has 0 spiro atoms. The lowest BCUT2D eigenvalue weighted by molar-refractivity contribution is 0.0969. The van der Waals surface area contributed by atoms with Crippen LogP contribution in [0.5, 0.6) is 5.75 Å². The highest BCUT2D eigenvalue weighted by atomic mass is 32.1. The fourth-order valence-corrected chi connectivity index (χ4v) is 3.87. The topological polar surface area (TPSA) is 142 Å². The Morgan fingerprint density at radius 1 is 1.40 bits per heavy atom. The average molecular weight is 417 g/mol. The number of benzene rings is 1. The zero-order valence-electron chi connectivity index (χ0n) is 15.7. The summed E-state index contributed by atoms with van der Waals surface area (Å²) in [7, 11) is 1.49. The molecule has 0 bridgehead atoms. The van der Waals surface area contributed by atoms with Crippen LogP contribution in [0.3, 0.4) is 0 Å². The molecule has 0 aliphatic rings. The first kappa shape index (κ1) is 19.1. The van der Waals surface area contributed by atoms with Crippen molar-refractivity contribution in [3.8, 4) is 11.8 Å². The van der Waals surface area contributed by atoms with Crippen molar-refractivity contribution in [3.05, 3.63) is 70.8 Å². The molecule has 1 aromatic carbocycles. The van der Waals surface area contributed by atoms with Gasteiger partial charge in [0.2, 0.25) is 0 Å². The first-order valence-electron chi connectivity index (χ1n) is 8.68. The molecule has 0 saturated carbocycles.